The second kappa shape index (κ2) is 5.90. The number of carboxylic acids is 1. The Morgan fingerprint density at radius 1 is 1.61 bits per heavy atom. The maximum Gasteiger partial charge on any atom is 0.311 e. The molecule has 0 radical (unpaired) electrons. The van der Waals surface area contributed by atoms with Gasteiger partial charge < -0.3 is 5.11 Å². The minimum atomic E-state index is -1.19. The third-order valence-corrected chi connectivity index (χ3v) is 3.12. The topological polar surface area (TPSA) is 80.4 Å². The molecule has 0 fully saturated rings. The van der Waals surface area contributed by atoms with E-state index in [1.165, 1.54) is 0 Å². The Bertz CT molecular complexity index is 492. The largest absolute Gasteiger partial charge is 0.481 e. The highest BCUT2D eigenvalue weighted by molar-refractivity contribution is 9.10. The van der Waals surface area contributed by atoms with Gasteiger partial charge in [-0.25, -0.2) is 4.39 Å². The molecule has 0 bridgehead atoms. The molecule has 0 aliphatic heterocycles. The third kappa shape index (κ3) is 3.04. The SMILES string of the molecule is CCCC(C(=O)O)c1cc(F)c(Br)cc1[N+](=O)[O-]. The van der Waals surface area contributed by atoms with Gasteiger partial charge in [-0.05, 0) is 28.4 Å². The van der Waals surface area contributed by atoms with Gasteiger partial charge in [0.2, 0.25) is 0 Å². The van der Waals surface area contributed by atoms with E-state index < -0.39 is 22.6 Å². The van der Waals surface area contributed by atoms with E-state index in [0.29, 0.717) is 6.42 Å². The van der Waals surface area contributed by atoms with E-state index in [1.54, 1.807) is 6.92 Å². The van der Waals surface area contributed by atoms with Gasteiger partial charge in [-0.15, -0.1) is 0 Å². The van der Waals surface area contributed by atoms with E-state index in [1.807, 2.05) is 0 Å². The fraction of sp³-hybridized carbons (Fsp3) is 0.364. The number of nitro groups is 1. The zero-order valence-electron chi connectivity index (χ0n) is 9.52. The lowest BCUT2D eigenvalue weighted by atomic mass is 9.93. The van der Waals surface area contributed by atoms with Crippen LogP contribution in [0, 0.1) is 15.9 Å². The molecule has 0 saturated carbocycles. The summed E-state index contributed by atoms with van der Waals surface area (Å²) in [5.41, 5.74) is -0.487. The predicted molar refractivity (Wildman–Crippen MR) is 66.0 cm³/mol. The average Bonchev–Trinajstić information content (AvgIpc) is 2.28. The molecule has 0 spiro atoms. The molecule has 1 unspecified atom stereocenters. The number of halogens is 2. The van der Waals surface area contributed by atoms with Crippen molar-refractivity contribution < 1.29 is 19.2 Å². The zero-order valence-corrected chi connectivity index (χ0v) is 11.1. The fourth-order valence-electron chi connectivity index (χ4n) is 1.69. The fourth-order valence-corrected chi connectivity index (χ4v) is 2.02. The molecular formula is C11H11BrFNO4. The number of hydrogen-bond acceptors (Lipinski definition) is 3. The van der Waals surface area contributed by atoms with Crippen molar-refractivity contribution in [1.29, 1.82) is 0 Å². The lowest BCUT2D eigenvalue weighted by molar-refractivity contribution is -0.385. The van der Waals surface area contributed by atoms with Gasteiger partial charge in [0, 0.05) is 11.6 Å². The Balaban J connectivity index is 3.40. The first-order chi connectivity index (χ1) is 8.38. The molecule has 1 aromatic carbocycles. The van der Waals surface area contributed by atoms with Crippen LogP contribution in [-0.4, -0.2) is 16.0 Å². The highest BCUT2D eigenvalue weighted by atomic mass is 79.9. The Morgan fingerprint density at radius 2 is 2.22 bits per heavy atom. The van der Waals surface area contributed by atoms with Crippen molar-refractivity contribution in [1.82, 2.24) is 0 Å². The summed E-state index contributed by atoms with van der Waals surface area (Å²) in [5, 5.41) is 20.0. The first-order valence-electron chi connectivity index (χ1n) is 5.24. The molecule has 18 heavy (non-hydrogen) atoms. The number of nitrogens with zero attached hydrogens (tertiary/aromatic N) is 1. The van der Waals surface area contributed by atoms with Gasteiger partial charge in [0.15, 0.2) is 0 Å². The number of aliphatic carboxylic acids is 1. The lowest BCUT2D eigenvalue weighted by Crippen LogP contribution is -2.13. The maximum absolute atomic E-state index is 13.4. The second-order valence-electron chi connectivity index (χ2n) is 3.76. The monoisotopic (exact) mass is 319 g/mol. The minimum Gasteiger partial charge on any atom is -0.481 e. The summed E-state index contributed by atoms with van der Waals surface area (Å²) < 4.78 is 13.4. The van der Waals surface area contributed by atoms with E-state index in [-0.39, 0.29) is 22.1 Å². The van der Waals surface area contributed by atoms with Gasteiger partial charge in [-0.1, -0.05) is 13.3 Å². The van der Waals surface area contributed by atoms with Crippen molar-refractivity contribution in [2.24, 2.45) is 0 Å². The molecule has 0 aliphatic carbocycles. The summed E-state index contributed by atoms with van der Waals surface area (Å²) in [6.07, 6.45) is 0.753. The molecular weight excluding hydrogens is 309 g/mol. The van der Waals surface area contributed by atoms with E-state index in [0.717, 1.165) is 12.1 Å². The van der Waals surface area contributed by atoms with Crippen LogP contribution in [0.4, 0.5) is 10.1 Å². The molecule has 0 heterocycles. The Kier molecular flexibility index (Phi) is 4.77. The zero-order chi connectivity index (χ0) is 13.9. The molecule has 98 valence electrons. The van der Waals surface area contributed by atoms with Crippen molar-refractivity contribution >= 4 is 27.6 Å². The van der Waals surface area contributed by atoms with E-state index >= 15 is 0 Å². The van der Waals surface area contributed by atoms with Crippen LogP contribution in [0.2, 0.25) is 0 Å². The highest BCUT2D eigenvalue weighted by Gasteiger charge is 2.28. The third-order valence-electron chi connectivity index (χ3n) is 2.52. The second-order valence-corrected chi connectivity index (χ2v) is 4.62. The van der Waals surface area contributed by atoms with E-state index in [4.69, 9.17) is 5.11 Å². The van der Waals surface area contributed by atoms with Crippen LogP contribution in [0.1, 0.15) is 31.2 Å². The summed E-state index contributed by atoms with van der Waals surface area (Å²) in [7, 11) is 0. The number of nitro benzene ring substituents is 1. The number of carbonyl (C=O) groups is 1. The summed E-state index contributed by atoms with van der Waals surface area (Å²) in [5.74, 6) is -2.97. The van der Waals surface area contributed by atoms with Crippen molar-refractivity contribution in [3.63, 3.8) is 0 Å². The van der Waals surface area contributed by atoms with Crippen molar-refractivity contribution in [2.75, 3.05) is 0 Å². The molecule has 1 N–H and O–H groups in total. The minimum absolute atomic E-state index is 0.0569. The molecule has 1 rings (SSSR count). The molecule has 0 aliphatic rings. The summed E-state index contributed by atoms with van der Waals surface area (Å²) in [6, 6.07) is 1.91. The van der Waals surface area contributed by atoms with Crippen LogP contribution in [0.5, 0.6) is 0 Å². The Morgan fingerprint density at radius 3 is 2.67 bits per heavy atom. The van der Waals surface area contributed by atoms with Gasteiger partial charge in [0.05, 0.1) is 15.3 Å². The van der Waals surface area contributed by atoms with E-state index in [9.17, 15) is 19.3 Å². The number of benzene rings is 1. The Hall–Kier alpha value is -1.50. The highest BCUT2D eigenvalue weighted by Crippen LogP contribution is 2.34. The van der Waals surface area contributed by atoms with Crippen LogP contribution in [0.25, 0.3) is 0 Å². The molecule has 0 aromatic heterocycles. The molecule has 0 amide bonds. The summed E-state index contributed by atoms with van der Waals surface area (Å²) in [6.45, 7) is 1.76. The number of rotatable bonds is 5. The quantitative estimate of drug-likeness (QED) is 0.665. The number of carboxylic acid groups (broad SMARTS) is 1. The molecule has 1 aromatic rings. The first kappa shape index (κ1) is 14.6. The predicted octanol–water partition coefficient (Wildman–Crippen LogP) is 3.46. The van der Waals surface area contributed by atoms with Crippen molar-refractivity contribution in [3.05, 3.63) is 38.1 Å². The van der Waals surface area contributed by atoms with Gasteiger partial charge in [0.25, 0.3) is 5.69 Å². The Labute approximate surface area is 111 Å². The van der Waals surface area contributed by atoms with Gasteiger partial charge >= 0.3 is 5.97 Å². The van der Waals surface area contributed by atoms with E-state index in [2.05, 4.69) is 15.9 Å². The van der Waals surface area contributed by atoms with Crippen molar-refractivity contribution in [3.8, 4) is 0 Å². The van der Waals surface area contributed by atoms with Crippen LogP contribution in [0.3, 0.4) is 0 Å². The van der Waals surface area contributed by atoms with Gasteiger partial charge in [-0.3, -0.25) is 14.9 Å². The molecule has 5 nitrogen and oxygen atoms in total. The van der Waals surface area contributed by atoms with Crippen LogP contribution < -0.4 is 0 Å². The lowest BCUT2D eigenvalue weighted by Gasteiger charge is -2.12. The smallest absolute Gasteiger partial charge is 0.311 e. The summed E-state index contributed by atoms with van der Waals surface area (Å²) >= 11 is 2.85. The first-order valence-corrected chi connectivity index (χ1v) is 6.03. The van der Waals surface area contributed by atoms with Crippen molar-refractivity contribution in [2.45, 2.75) is 25.7 Å². The van der Waals surface area contributed by atoms with Gasteiger partial charge in [-0.2, -0.15) is 0 Å². The molecule has 1 atom stereocenters. The summed E-state index contributed by atoms with van der Waals surface area (Å²) in [4.78, 5) is 21.3. The van der Waals surface area contributed by atoms with Crippen LogP contribution >= 0.6 is 15.9 Å². The maximum atomic E-state index is 13.4. The normalized spacial score (nSPS) is 12.2. The standard InChI is InChI=1S/C11H11BrFNO4/c1-2-3-6(11(15)16)7-4-9(13)8(12)5-10(7)14(17)18/h4-6H,2-3H2,1H3,(H,15,16). The van der Waals surface area contributed by atoms with Crippen LogP contribution in [-0.2, 0) is 4.79 Å². The molecule has 0 saturated heterocycles. The van der Waals surface area contributed by atoms with Crippen LogP contribution in [0.15, 0.2) is 16.6 Å². The van der Waals surface area contributed by atoms with Gasteiger partial charge in [0.1, 0.15) is 5.82 Å². The number of hydrogen-bond donors (Lipinski definition) is 1. The molecule has 7 heteroatoms. The average molecular weight is 320 g/mol.